The predicted molar refractivity (Wildman–Crippen MR) is 81.4 cm³/mol. The number of fused-ring (bicyclic) bond motifs is 1. The first-order valence-electron chi connectivity index (χ1n) is 6.79. The number of hydrogen-bond acceptors (Lipinski definition) is 6. The molecule has 2 aromatic rings. The Labute approximate surface area is 127 Å². The van der Waals surface area contributed by atoms with Crippen molar-refractivity contribution in [2.45, 2.75) is 17.6 Å². The SMILES string of the molecule is COCCc1nnc2n1NC(c1ccccc1OC)CS2. The number of ether oxygens (including phenoxy) is 2. The van der Waals surface area contributed by atoms with Gasteiger partial charge in [0, 0.05) is 24.8 Å². The Morgan fingerprint density at radius 3 is 3.00 bits per heavy atom. The van der Waals surface area contributed by atoms with E-state index in [0.717, 1.165) is 34.5 Å². The van der Waals surface area contributed by atoms with Gasteiger partial charge in [0.1, 0.15) is 5.75 Å². The number of rotatable bonds is 5. The first-order valence-corrected chi connectivity index (χ1v) is 7.77. The van der Waals surface area contributed by atoms with Gasteiger partial charge in [-0.2, -0.15) is 0 Å². The predicted octanol–water partition coefficient (Wildman–Crippen LogP) is 1.87. The fourth-order valence-corrected chi connectivity index (χ4v) is 3.30. The number of nitrogens with one attached hydrogen (secondary N) is 1. The van der Waals surface area contributed by atoms with Crippen LogP contribution in [-0.4, -0.2) is 41.5 Å². The van der Waals surface area contributed by atoms with Crippen LogP contribution in [0.15, 0.2) is 29.4 Å². The number of hydrogen-bond donors (Lipinski definition) is 1. The molecule has 0 bridgehead atoms. The van der Waals surface area contributed by atoms with Crippen molar-refractivity contribution >= 4 is 11.8 Å². The summed E-state index contributed by atoms with van der Waals surface area (Å²) in [6.07, 6.45) is 0.732. The van der Waals surface area contributed by atoms with Crippen molar-refractivity contribution < 1.29 is 9.47 Å². The van der Waals surface area contributed by atoms with Crippen molar-refractivity contribution in [3.8, 4) is 5.75 Å². The summed E-state index contributed by atoms with van der Waals surface area (Å²) >= 11 is 1.70. The first-order chi connectivity index (χ1) is 10.3. The van der Waals surface area contributed by atoms with Crippen LogP contribution < -0.4 is 10.2 Å². The van der Waals surface area contributed by atoms with Crippen LogP contribution in [0, 0.1) is 0 Å². The summed E-state index contributed by atoms with van der Waals surface area (Å²) in [7, 11) is 3.39. The molecule has 1 aliphatic rings. The van der Waals surface area contributed by atoms with Crippen LogP contribution in [0.3, 0.4) is 0 Å². The second-order valence-corrected chi connectivity index (χ2v) is 5.70. The second-order valence-electron chi connectivity index (χ2n) is 4.71. The van der Waals surface area contributed by atoms with Crippen LogP contribution in [-0.2, 0) is 11.2 Å². The van der Waals surface area contributed by atoms with Gasteiger partial charge in [0.2, 0.25) is 5.16 Å². The molecule has 1 aromatic heterocycles. The van der Waals surface area contributed by atoms with E-state index in [1.54, 1.807) is 26.0 Å². The van der Waals surface area contributed by atoms with Crippen LogP contribution in [0.4, 0.5) is 0 Å². The van der Waals surface area contributed by atoms with Crippen molar-refractivity contribution in [1.82, 2.24) is 14.9 Å². The largest absolute Gasteiger partial charge is 0.496 e. The fraction of sp³-hybridized carbons (Fsp3) is 0.429. The molecule has 6 nitrogen and oxygen atoms in total. The van der Waals surface area contributed by atoms with E-state index in [4.69, 9.17) is 9.47 Å². The highest BCUT2D eigenvalue weighted by Gasteiger charge is 2.25. The molecule has 0 saturated carbocycles. The van der Waals surface area contributed by atoms with E-state index in [9.17, 15) is 0 Å². The van der Waals surface area contributed by atoms with Crippen LogP contribution in [0.2, 0.25) is 0 Å². The van der Waals surface area contributed by atoms with Gasteiger partial charge >= 0.3 is 0 Å². The highest BCUT2D eigenvalue weighted by Crippen LogP contribution is 2.33. The molecule has 112 valence electrons. The molecule has 0 saturated heterocycles. The molecule has 3 rings (SSSR count). The highest BCUT2D eigenvalue weighted by molar-refractivity contribution is 7.99. The molecule has 7 heteroatoms. The summed E-state index contributed by atoms with van der Waals surface area (Å²) in [6, 6.07) is 8.23. The molecule has 0 radical (unpaired) electrons. The van der Waals surface area contributed by atoms with E-state index >= 15 is 0 Å². The minimum Gasteiger partial charge on any atom is -0.496 e. The van der Waals surface area contributed by atoms with Crippen molar-refractivity contribution in [3.63, 3.8) is 0 Å². The maximum Gasteiger partial charge on any atom is 0.210 e. The Morgan fingerprint density at radius 2 is 2.19 bits per heavy atom. The average molecular weight is 306 g/mol. The van der Waals surface area contributed by atoms with E-state index in [2.05, 4.69) is 21.7 Å². The monoisotopic (exact) mass is 306 g/mol. The normalized spacial score (nSPS) is 17.1. The zero-order chi connectivity index (χ0) is 14.7. The molecule has 0 spiro atoms. The quantitative estimate of drug-likeness (QED) is 0.910. The second kappa shape index (κ2) is 6.36. The van der Waals surface area contributed by atoms with Gasteiger partial charge in [-0.05, 0) is 6.07 Å². The number of aromatic nitrogens is 3. The van der Waals surface area contributed by atoms with Gasteiger partial charge in [0.25, 0.3) is 0 Å². The zero-order valence-electron chi connectivity index (χ0n) is 12.1. The van der Waals surface area contributed by atoms with E-state index in [1.807, 2.05) is 22.9 Å². The van der Waals surface area contributed by atoms with Gasteiger partial charge in [0.05, 0.1) is 19.8 Å². The summed E-state index contributed by atoms with van der Waals surface area (Å²) in [5.74, 6) is 2.67. The number of para-hydroxylation sites is 1. The molecule has 1 aliphatic heterocycles. The van der Waals surface area contributed by atoms with Crippen LogP contribution in [0.1, 0.15) is 17.4 Å². The van der Waals surface area contributed by atoms with Gasteiger partial charge in [0.15, 0.2) is 5.82 Å². The van der Waals surface area contributed by atoms with Crippen LogP contribution in [0.5, 0.6) is 5.75 Å². The zero-order valence-corrected chi connectivity index (χ0v) is 12.9. The molecular weight excluding hydrogens is 288 g/mol. The van der Waals surface area contributed by atoms with E-state index in [0.29, 0.717) is 6.61 Å². The van der Waals surface area contributed by atoms with E-state index in [-0.39, 0.29) is 6.04 Å². The van der Waals surface area contributed by atoms with Crippen molar-refractivity contribution in [1.29, 1.82) is 0 Å². The van der Waals surface area contributed by atoms with Gasteiger partial charge < -0.3 is 14.9 Å². The number of nitrogens with zero attached hydrogens (tertiary/aromatic N) is 3. The third-order valence-electron chi connectivity index (χ3n) is 3.41. The summed E-state index contributed by atoms with van der Waals surface area (Å²) in [6.45, 7) is 0.629. The lowest BCUT2D eigenvalue weighted by molar-refractivity contribution is 0.199. The Balaban J connectivity index is 1.84. The summed E-state index contributed by atoms with van der Waals surface area (Å²) in [5.41, 5.74) is 4.62. The van der Waals surface area contributed by atoms with E-state index in [1.165, 1.54) is 0 Å². The maximum absolute atomic E-state index is 5.45. The number of methoxy groups -OCH3 is 2. The smallest absolute Gasteiger partial charge is 0.210 e. The molecule has 0 amide bonds. The number of thioether (sulfide) groups is 1. The van der Waals surface area contributed by atoms with Crippen LogP contribution in [0.25, 0.3) is 0 Å². The summed E-state index contributed by atoms with van der Waals surface area (Å²) in [4.78, 5) is 0. The highest BCUT2D eigenvalue weighted by atomic mass is 32.2. The molecule has 1 atom stereocenters. The summed E-state index contributed by atoms with van der Waals surface area (Å²) in [5, 5.41) is 9.33. The molecule has 0 fully saturated rings. The lowest BCUT2D eigenvalue weighted by Gasteiger charge is -2.27. The molecule has 0 aliphatic carbocycles. The lowest BCUT2D eigenvalue weighted by Crippen LogP contribution is -2.29. The Morgan fingerprint density at radius 1 is 1.33 bits per heavy atom. The van der Waals surface area contributed by atoms with E-state index < -0.39 is 0 Å². The minimum atomic E-state index is 0.163. The first kappa shape index (κ1) is 14.2. The Bertz CT molecular complexity index is 617. The van der Waals surface area contributed by atoms with Gasteiger partial charge in [-0.1, -0.05) is 30.0 Å². The van der Waals surface area contributed by atoms with Gasteiger partial charge in [-0.25, -0.2) is 4.68 Å². The van der Waals surface area contributed by atoms with Gasteiger partial charge in [-0.15, -0.1) is 10.2 Å². The van der Waals surface area contributed by atoms with Crippen molar-refractivity contribution in [2.24, 2.45) is 0 Å². The average Bonchev–Trinajstić information content (AvgIpc) is 2.95. The standard InChI is InChI=1S/C14H18N4O2S/c1-19-8-7-13-15-16-14-18(13)17-11(9-21-14)10-5-3-4-6-12(10)20-2/h3-6,11,17H,7-9H2,1-2H3. The molecule has 21 heavy (non-hydrogen) atoms. The molecular formula is C14H18N4O2S. The molecule has 1 N–H and O–H groups in total. The third kappa shape index (κ3) is 2.84. The van der Waals surface area contributed by atoms with Crippen LogP contribution >= 0.6 is 11.8 Å². The molecule has 2 heterocycles. The van der Waals surface area contributed by atoms with Crippen molar-refractivity contribution in [3.05, 3.63) is 35.7 Å². The maximum atomic E-state index is 5.45. The minimum absolute atomic E-state index is 0.163. The fourth-order valence-electron chi connectivity index (χ4n) is 2.34. The molecule has 1 unspecified atom stereocenters. The third-order valence-corrected chi connectivity index (χ3v) is 4.43. The Kier molecular flexibility index (Phi) is 4.31. The van der Waals surface area contributed by atoms with Gasteiger partial charge in [-0.3, -0.25) is 0 Å². The summed E-state index contributed by atoms with van der Waals surface area (Å²) < 4.78 is 12.5. The lowest BCUT2D eigenvalue weighted by atomic mass is 10.1. The Hall–Kier alpha value is -1.73. The molecule has 1 aromatic carbocycles. The number of benzene rings is 1. The van der Waals surface area contributed by atoms with Crippen molar-refractivity contribution in [2.75, 3.05) is 32.0 Å². The topological polar surface area (TPSA) is 61.2 Å².